The van der Waals surface area contributed by atoms with Crippen LogP contribution in [0.5, 0.6) is 34.5 Å². The van der Waals surface area contributed by atoms with Gasteiger partial charge in [-0.1, -0.05) is 0 Å². The molecule has 0 aliphatic rings. The summed E-state index contributed by atoms with van der Waals surface area (Å²) < 4.78 is 50.1. The normalized spacial score (nSPS) is 11.7. The number of ether oxygens (including phenoxy) is 2. The van der Waals surface area contributed by atoms with Gasteiger partial charge in [-0.3, -0.25) is 14.2 Å². The van der Waals surface area contributed by atoms with Gasteiger partial charge in [0.15, 0.2) is 34.5 Å². The van der Waals surface area contributed by atoms with Gasteiger partial charge in [-0.05, 0) is 53.9 Å². The number of amides is 2. The van der Waals surface area contributed by atoms with Gasteiger partial charge < -0.3 is 50.3 Å². The van der Waals surface area contributed by atoms with E-state index in [2.05, 4.69) is 10.6 Å². The van der Waals surface area contributed by atoms with Gasteiger partial charge >= 0.3 is 7.60 Å². The predicted molar refractivity (Wildman–Crippen MR) is 164 cm³/mol. The lowest BCUT2D eigenvalue weighted by atomic mass is 10.2. The highest BCUT2D eigenvalue weighted by Gasteiger charge is 2.23. The molecule has 0 spiro atoms. The number of benzene rings is 3. The fraction of sp³-hybridized carbons (Fsp3) is 0.185. The smallest absolute Gasteiger partial charge is 0.340 e. The Morgan fingerprint density at radius 1 is 0.739 bits per heavy atom. The molecule has 0 unspecified atom stereocenters. The number of nitrogens with one attached hydrogen (secondary N) is 3. The van der Waals surface area contributed by atoms with E-state index in [4.69, 9.17) is 19.3 Å². The van der Waals surface area contributed by atoms with Crippen LogP contribution in [-0.2, 0) is 14.6 Å². The van der Waals surface area contributed by atoms with E-state index in [1.807, 2.05) is 4.72 Å². The maximum Gasteiger partial charge on any atom is 0.340 e. The Morgan fingerprint density at radius 2 is 1.24 bits per heavy atom. The summed E-state index contributed by atoms with van der Waals surface area (Å²) in [5.41, 5.74) is 0.176. The molecule has 246 valence electrons. The zero-order chi connectivity index (χ0) is 33.6. The average Bonchev–Trinajstić information content (AvgIpc) is 3.42. The lowest BCUT2D eigenvalue weighted by molar-refractivity contribution is 0.0936. The monoisotopic (exact) mass is 697 g/mol. The molecule has 19 heteroatoms. The Kier molecular flexibility index (Phi) is 10.6. The van der Waals surface area contributed by atoms with Crippen LogP contribution in [0.2, 0.25) is 0 Å². The summed E-state index contributed by atoms with van der Waals surface area (Å²) in [6.07, 6.45) is -1.09. The molecule has 0 bridgehead atoms. The molecule has 2 amide bonds. The zero-order valence-corrected chi connectivity index (χ0v) is 26.1. The number of carbonyl (C=O) groups is 2. The largest absolute Gasteiger partial charge is 0.504 e. The quantitative estimate of drug-likeness (QED) is 0.0517. The first kappa shape index (κ1) is 34.3. The third-order valence-electron chi connectivity index (χ3n) is 6.05. The van der Waals surface area contributed by atoms with Crippen molar-refractivity contribution in [2.45, 2.75) is 4.21 Å². The van der Waals surface area contributed by atoms with Crippen LogP contribution in [0.25, 0.3) is 10.1 Å². The standard InChI is InChI=1S/C27H28N3O13PS2/c31-18-3-1-15(9-20(18)33)26(35)28-5-7-42-22-11-17-12-25(46(40,41)30-14-44(37,38)39)45-24(17)13-23(22)43-8-6-29-27(36)16-2-4-19(32)21(34)10-16/h1-4,9-13,30-34H,5-8,14H2,(H,28,35)(H,29,36)(H2,37,38,39). The summed E-state index contributed by atoms with van der Waals surface area (Å²) in [5.74, 6) is -2.53. The molecule has 9 N–H and O–H groups in total. The van der Waals surface area contributed by atoms with Crippen molar-refractivity contribution in [2.24, 2.45) is 0 Å². The first-order valence-electron chi connectivity index (χ1n) is 13.1. The number of carbonyl (C=O) groups excluding carboxylic acids is 2. The van der Waals surface area contributed by atoms with Crippen molar-refractivity contribution >= 4 is 50.9 Å². The number of phenols is 4. The van der Waals surface area contributed by atoms with Crippen LogP contribution in [0.1, 0.15) is 20.7 Å². The minimum Gasteiger partial charge on any atom is -0.504 e. The van der Waals surface area contributed by atoms with E-state index in [0.717, 1.165) is 35.6 Å². The molecule has 0 saturated heterocycles. The number of hydrogen-bond acceptors (Lipinski definition) is 12. The highest BCUT2D eigenvalue weighted by atomic mass is 32.2. The number of phenolic OH excluding ortho intramolecular Hbond substituents is 4. The van der Waals surface area contributed by atoms with E-state index in [-0.39, 0.29) is 64.6 Å². The van der Waals surface area contributed by atoms with Crippen LogP contribution in [-0.4, -0.2) is 83.0 Å². The number of thiophene rings is 1. The van der Waals surface area contributed by atoms with Crippen molar-refractivity contribution < 1.29 is 62.3 Å². The minimum atomic E-state index is -4.66. The molecule has 0 fully saturated rings. The first-order chi connectivity index (χ1) is 21.6. The van der Waals surface area contributed by atoms with Crippen molar-refractivity contribution in [2.75, 3.05) is 32.6 Å². The van der Waals surface area contributed by atoms with Crippen LogP contribution in [0.15, 0.2) is 58.8 Å². The van der Waals surface area contributed by atoms with Gasteiger partial charge in [-0.15, -0.1) is 11.3 Å². The summed E-state index contributed by atoms with van der Waals surface area (Å²) in [6.45, 7) is -0.191. The van der Waals surface area contributed by atoms with Gasteiger partial charge in [0, 0.05) is 21.9 Å². The highest BCUT2D eigenvalue weighted by Crippen LogP contribution is 2.39. The van der Waals surface area contributed by atoms with Crippen LogP contribution < -0.4 is 24.8 Å². The Bertz CT molecular complexity index is 1820. The maximum absolute atomic E-state index is 12.6. The van der Waals surface area contributed by atoms with Crippen LogP contribution in [0.3, 0.4) is 0 Å². The molecule has 4 aromatic rings. The summed E-state index contributed by atoms with van der Waals surface area (Å²) in [5, 5.41) is 43.7. The van der Waals surface area contributed by atoms with Gasteiger partial charge in [0.1, 0.15) is 23.7 Å². The van der Waals surface area contributed by atoms with Gasteiger partial charge in [0.05, 0.1) is 13.1 Å². The predicted octanol–water partition coefficient (Wildman–Crippen LogP) is 1.75. The van der Waals surface area contributed by atoms with Crippen molar-refractivity contribution in [3.8, 4) is 34.5 Å². The zero-order valence-electron chi connectivity index (χ0n) is 23.5. The van der Waals surface area contributed by atoms with E-state index in [0.29, 0.717) is 10.1 Å². The molecule has 0 aliphatic carbocycles. The van der Waals surface area contributed by atoms with Crippen LogP contribution in [0, 0.1) is 0 Å². The SMILES string of the molecule is O=C(NCCOc1cc2cc(S(=O)(=O)NCP(=O)(O)O)sc2cc1OCCNC(=O)c1ccc(O)c(O)c1)c1ccc(O)c(O)c1. The molecule has 0 radical (unpaired) electrons. The summed E-state index contributed by atoms with van der Waals surface area (Å²) in [4.78, 5) is 42.9. The number of rotatable bonds is 14. The summed E-state index contributed by atoms with van der Waals surface area (Å²) in [7, 11) is -8.93. The molecule has 4 rings (SSSR count). The molecule has 46 heavy (non-hydrogen) atoms. The fourth-order valence-corrected chi connectivity index (χ4v) is 7.27. The van der Waals surface area contributed by atoms with Crippen molar-refractivity contribution in [1.82, 2.24) is 15.4 Å². The number of hydrogen-bond donors (Lipinski definition) is 9. The van der Waals surface area contributed by atoms with E-state index < -0.39 is 47.2 Å². The molecule has 1 heterocycles. The molecule has 0 aliphatic heterocycles. The summed E-state index contributed by atoms with van der Waals surface area (Å²) in [6, 6.07) is 11.4. The van der Waals surface area contributed by atoms with Crippen molar-refractivity contribution in [3.05, 3.63) is 65.7 Å². The highest BCUT2D eigenvalue weighted by molar-refractivity contribution is 7.92. The number of aromatic hydroxyl groups is 4. The maximum atomic E-state index is 12.6. The van der Waals surface area contributed by atoms with E-state index in [1.165, 1.54) is 30.3 Å². The van der Waals surface area contributed by atoms with Gasteiger partial charge in [0.25, 0.3) is 21.8 Å². The molecule has 1 aromatic heterocycles. The van der Waals surface area contributed by atoms with Crippen LogP contribution in [0.4, 0.5) is 0 Å². The van der Waals surface area contributed by atoms with E-state index in [9.17, 15) is 43.0 Å². The molecular weight excluding hydrogens is 669 g/mol. The van der Waals surface area contributed by atoms with Crippen molar-refractivity contribution in [1.29, 1.82) is 0 Å². The second kappa shape index (κ2) is 14.2. The van der Waals surface area contributed by atoms with Gasteiger partial charge in [-0.2, -0.15) is 4.72 Å². The Labute approximate surface area is 265 Å². The van der Waals surface area contributed by atoms with Crippen molar-refractivity contribution in [3.63, 3.8) is 0 Å². The molecular formula is C27H28N3O13PS2. The summed E-state index contributed by atoms with van der Waals surface area (Å²) >= 11 is 0.805. The van der Waals surface area contributed by atoms with E-state index in [1.54, 1.807) is 0 Å². The number of sulfonamides is 1. The van der Waals surface area contributed by atoms with Crippen LogP contribution >= 0.6 is 18.9 Å². The lowest BCUT2D eigenvalue weighted by Crippen LogP contribution is -2.28. The second-order valence-corrected chi connectivity index (χ2v) is 14.2. The minimum absolute atomic E-state index is 0.0101. The topological polar surface area (TPSA) is 261 Å². The Balaban J connectivity index is 1.47. The molecule has 0 atom stereocenters. The first-order valence-corrected chi connectivity index (χ1v) is 17.2. The van der Waals surface area contributed by atoms with Gasteiger partial charge in [0.2, 0.25) is 0 Å². The van der Waals surface area contributed by atoms with Gasteiger partial charge in [-0.25, -0.2) is 8.42 Å². The van der Waals surface area contributed by atoms with E-state index >= 15 is 0 Å². The fourth-order valence-electron chi connectivity index (χ4n) is 3.81. The third-order valence-corrected chi connectivity index (χ3v) is 9.81. The lowest BCUT2D eigenvalue weighted by Gasteiger charge is -2.14. The molecule has 16 nitrogen and oxygen atoms in total. The molecule has 0 saturated carbocycles. The second-order valence-electron chi connectivity index (χ2n) is 9.49. The molecule has 3 aromatic carbocycles. The Morgan fingerprint density at radius 3 is 1.72 bits per heavy atom. The third kappa shape index (κ3) is 9.00. The average molecular weight is 698 g/mol. The Hall–Kier alpha value is -4.58. The number of fused-ring (bicyclic) bond motifs is 1.